The van der Waals surface area contributed by atoms with E-state index in [1.54, 1.807) is 23.5 Å². The first kappa shape index (κ1) is 28.0. The SMILES string of the molecule is CCCCCc1ccc(S(=O)(=O)NCCc2c(-c3cccs3)n[nH]c2-c2cccc(N(C)CCC)n2)cc1. The predicted octanol–water partition coefficient (Wildman–Crippen LogP) is 6.30. The lowest BCUT2D eigenvalue weighted by atomic mass is 10.1. The van der Waals surface area contributed by atoms with Crippen molar-refractivity contribution in [3.8, 4) is 22.0 Å². The minimum absolute atomic E-state index is 0.251. The maximum atomic E-state index is 13.0. The number of benzene rings is 1. The fourth-order valence-electron chi connectivity index (χ4n) is 4.47. The first-order chi connectivity index (χ1) is 18.4. The van der Waals surface area contributed by atoms with Gasteiger partial charge in [-0.25, -0.2) is 18.1 Å². The van der Waals surface area contributed by atoms with Crippen molar-refractivity contribution in [3.63, 3.8) is 0 Å². The summed E-state index contributed by atoms with van der Waals surface area (Å²) in [5.74, 6) is 0.890. The van der Waals surface area contributed by atoms with Gasteiger partial charge in [-0.05, 0) is 67.0 Å². The van der Waals surface area contributed by atoms with Crippen LogP contribution in [0, 0.1) is 0 Å². The highest BCUT2D eigenvalue weighted by Gasteiger charge is 2.20. The maximum Gasteiger partial charge on any atom is 0.240 e. The van der Waals surface area contributed by atoms with Gasteiger partial charge in [-0.3, -0.25) is 5.10 Å². The van der Waals surface area contributed by atoms with E-state index in [-0.39, 0.29) is 11.4 Å². The number of nitrogens with zero attached hydrogens (tertiary/aromatic N) is 3. The quantitative estimate of drug-likeness (QED) is 0.180. The van der Waals surface area contributed by atoms with Crippen molar-refractivity contribution in [2.75, 3.05) is 25.0 Å². The van der Waals surface area contributed by atoms with E-state index >= 15 is 0 Å². The van der Waals surface area contributed by atoms with E-state index in [4.69, 9.17) is 4.98 Å². The molecule has 0 bridgehead atoms. The highest BCUT2D eigenvalue weighted by molar-refractivity contribution is 7.89. The molecule has 7 nitrogen and oxygen atoms in total. The molecule has 0 atom stereocenters. The Kier molecular flexibility index (Phi) is 9.71. The van der Waals surface area contributed by atoms with Gasteiger partial charge in [0, 0.05) is 25.7 Å². The van der Waals surface area contributed by atoms with Crippen LogP contribution in [0.2, 0.25) is 0 Å². The molecule has 4 aromatic rings. The van der Waals surface area contributed by atoms with Crippen LogP contribution in [0.5, 0.6) is 0 Å². The molecule has 0 unspecified atom stereocenters. The Morgan fingerprint density at radius 3 is 2.50 bits per heavy atom. The summed E-state index contributed by atoms with van der Waals surface area (Å²) >= 11 is 1.61. The van der Waals surface area contributed by atoms with Gasteiger partial charge < -0.3 is 4.90 Å². The molecule has 0 spiro atoms. The molecule has 0 aliphatic heterocycles. The maximum absolute atomic E-state index is 13.0. The van der Waals surface area contributed by atoms with E-state index in [9.17, 15) is 8.42 Å². The minimum atomic E-state index is -3.62. The van der Waals surface area contributed by atoms with Crippen LogP contribution in [0.4, 0.5) is 5.82 Å². The average molecular weight is 552 g/mol. The van der Waals surface area contributed by atoms with Crippen molar-refractivity contribution in [1.29, 1.82) is 0 Å². The largest absolute Gasteiger partial charge is 0.360 e. The number of aromatic amines is 1. The number of nitrogens with one attached hydrogen (secondary N) is 2. The minimum Gasteiger partial charge on any atom is -0.360 e. The van der Waals surface area contributed by atoms with E-state index in [1.165, 1.54) is 18.4 Å². The fourth-order valence-corrected chi connectivity index (χ4v) is 6.24. The van der Waals surface area contributed by atoms with Crippen LogP contribution in [0.1, 0.15) is 50.7 Å². The Morgan fingerprint density at radius 2 is 1.79 bits per heavy atom. The predicted molar refractivity (Wildman–Crippen MR) is 157 cm³/mol. The van der Waals surface area contributed by atoms with E-state index < -0.39 is 10.0 Å². The summed E-state index contributed by atoms with van der Waals surface area (Å²) in [5, 5.41) is 9.81. The number of aromatic nitrogens is 3. The first-order valence-corrected chi connectivity index (χ1v) is 15.7. The van der Waals surface area contributed by atoms with E-state index in [2.05, 4.69) is 33.7 Å². The number of pyridine rings is 1. The summed E-state index contributed by atoms with van der Waals surface area (Å²) < 4.78 is 28.9. The van der Waals surface area contributed by atoms with Gasteiger partial charge in [0.25, 0.3) is 0 Å². The topological polar surface area (TPSA) is 91.0 Å². The van der Waals surface area contributed by atoms with Gasteiger partial charge in [-0.2, -0.15) is 5.10 Å². The molecule has 0 fully saturated rings. The second-order valence-corrected chi connectivity index (χ2v) is 12.2. The molecule has 2 N–H and O–H groups in total. The molecule has 202 valence electrons. The van der Waals surface area contributed by atoms with Crippen molar-refractivity contribution in [1.82, 2.24) is 19.9 Å². The Balaban J connectivity index is 1.53. The van der Waals surface area contributed by atoms with Crippen LogP contribution in [-0.4, -0.2) is 43.7 Å². The normalized spacial score (nSPS) is 11.7. The third-order valence-electron chi connectivity index (χ3n) is 6.53. The molecule has 4 rings (SSSR count). The average Bonchev–Trinajstić information content (AvgIpc) is 3.60. The molecule has 0 radical (unpaired) electrons. The highest BCUT2D eigenvalue weighted by atomic mass is 32.2. The number of unbranched alkanes of at least 4 members (excludes halogenated alkanes) is 2. The molecule has 3 heterocycles. The van der Waals surface area contributed by atoms with Gasteiger partial charge in [0.2, 0.25) is 10.0 Å². The van der Waals surface area contributed by atoms with Gasteiger partial charge in [0.1, 0.15) is 11.5 Å². The monoisotopic (exact) mass is 551 g/mol. The molecular formula is C29H37N5O2S2. The molecule has 0 saturated heterocycles. The van der Waals surface area contributed by atoms with Gasteiger partial charge in [-0.1, -0.05) is 51.0 Å². The number of H-pyrrole nitrogens is 1. The van der Waals surface area contributed by atoms with Crippen LogP contribution in [0.3, 0.4) is 0 Å². The van der Waals surface area contributed by atoms with Crippen LogP contribution in [0.25, 0.3) is 22.0 Å². The third kappa shape index (κ3) is 6.89. The third-order valence-corrected chi connectivity index (χ3v) is 8.89. The van der Waals surface area contributed by atoms with Crippen molar-refractivity contribution < 1.29 is 8.42 Å². The van der Waals surface area contributed by atoms with Crippen LogP contribution < -0.4 is 9.62 Å². The molecule has 0 amide bonds. The van der Waals surface area contributed by atoms with Crippen LogP contribution in [0.15, 0.2) is 64.9 Å². The second kappa shape index (κ2) is 13.2. The molecule has 1 aromatic carbocycles. The zero-order valence-corrected chi connectivity index (χ0v) is 24.0. The number of hydrogen-bond acceptors (Lipinski definition) is 6. The van der Waals surface area contributed by atoms with Gasteiger partial charge in [0.15, 0.2) is 0 Å². The van der Waals surface area contributed by atoms with Gasteiger partial charge in [0.05, 0.1) is 21.2 Å². The molecule has 3 aromatic heterocycles. The molecule has 0 saturated carbocycles. The molecule has 0 aliphatic rings. The standard InChI is InChI=1S/C29H37N5O2S2/c1-4-6-7-10-22-14-16-23(17-15-22)38(35,36)30-19-18-24-28(32-33-29(24)26-12-9-21-37-26)25-11-8-13-27(31-25)34(3)20-5-2/h8-9,11-17,21,30H,4-7,10,18-20H2,1-3H3,(H,32,33). The Hall–Kier alpha value is -3.01. The van der Waals surface area contributed by atoms with Crippen molar-refractivity contribution in [3.05, 3.63) is 71.1 Å². The van der Waals surface area contributed by atoms with E-state index in [0.717, 1.165) is 59.1 Å². The lowest BCUT2D eigenvalue weighted by molar-refractivity contribution is 0.581. The lowest BCUT2D eigenvalue weighted by Gasteiger charge is -2.17. The van der Waals surface area contributed by atoms with Crippen LogP contribution >= 0.6 is 11.3 Å². The number of anilines is 1. The zero-order chi connectivity index (χ0) is 27.0. The van der Waals surface area contributed by atoms with E-state index in [0.29, 0.717) is 6.42 Å². The molecule has 0 aliphatic carbocycles. The molecule has 9 heteroatoms. The smallest absolute Gasteiger partial charge is 0.240 e. The van der Waals surface area contributed by atoms with Crippen molar-refractivity contribution >= 4 is 27.2 Å². The second-order valence-electron chi connectivity index (χ2n) is 9.45. The van der Waals surface area contributed by atoms with E-state index in [1.807, 2.05) is 54.9 Å². The summed E-state index contributed by atoms with van der Waals surface area (Å²) in [6.07, 6.45) is 5.94. The van der Waals surface area contributed by atoms with Crippen molar-refractivity contribution in [2.24, 2.45) is 0 Å². The summed E-state index contributed by atoms with van der Waals surface area (Å²) in [7, 11) is -1.59. The summed E-state index contributed by atoms with van der Waals surface area (Å²) in [6, 6.07) is 17.2. The Labute approximate surface area is 230 Å². The highest BCUT2D eigenvalue weighted by Crippen LogP contribution is 2.33. The number of rotatable bonds is 14. The van der Waals surface area contributed by atoms with Crippen LogP contribution in [-0.2, 0) is 22.9 Å². The molecular weight excluding hydrogens is 514 g/mol. The number of sulfonamides is 1. The summed E-state index contributed by atoms with van der Waals surface area (Å²) in [5.41, 5.74) is 4.55. The van der Waals surface area contributed by atoms with Gasteiger partial charge >= 0.3 is 0 Å². The Bertz CT molecular complexity index is 1400. The van der Waals surface area contributed by atoms with Gasteiger partial charge in [-0.15, -0.1) is 11.3 Å². The zero-order valence-electron chi connectivity index (χ0n) is 22.4. The van der Waals surface area contributed by atoms with Crippen molar-refractivity contribution in [2.45, 2.75) is 57.3 Å². The lowest BCUT2D eigenvalue weighted by Crippen LogP contribution is -2.26. The number of aryl methyl sites for hydroxylation is 1. The summed E-state index contributed by atoms with van der Waals surface area (Å²) in [4.78, 5) is 8.32. The Morgan fingerprint density at radius 1 is 0.974 bits per heavy atom. The fraction of sp³-hybridized carbons (Fsp3) is 0.379. The number of thiophene rings is 1. The number of hydrogen-bond donors (Lipinski definition) is 2. The molecule has 38 heavy (non-hydrogen) atoms. The summed E-state index contributed by atoms with van der Waals surface area (Å²) in [6.45, 7) is 5.48. The first-order valence-electron chi connectivity index (χ1n) is 13.3.